The minimum Gasteiger partial charge on any atom is -0.352 e. The molecule has 0 saturated carbocycles. The number of benzene rings is 3. The van der Waals surface area contributed by atoms with Gasteiger partial charge in [-0.2, -0.15) is 0 Å². The molecule has 4 nitrogen and oxygen atoms in total. The lowest BCUT2D eigenvalue weighted by Crippen LogP contribution is -2.51. The SMILES string of the molecule is CC(C)NC(=O)[C@@H](Cc1ccccc1)N(Cc1ccc(Cl)cc1Cl)C(=O)CCc1ccc(C(C)(C)C)cc1. The zero-order chi connectivity index (χ0) is 27.9. The van der Waals surface area contributed by atoms with Crippen molar-refractivity contribution in [2.75, 3.05) is 0 Å². The van der Waals surface area contributed by atoms with E-state index in [-0.39, 0.29) is 36.2 Å². The van der Waals surface area contributed by atoms with E-state index in [0.717, 1.165) is 16.7 Å². The van der Waals surface area contributed by atoms with Crippen molar-refractivity contribution in [2.45, 2.75) is 77.9 Å². The normalized spacial score (nSPS) is 12.3. The van der Waals surface area contributed by atoms with Gasteiger partial charge in [-0.25, -0.2) is 0 Å². The van der Waals surface area contributed by atoms with Crippen LogP contribution in [0.2, 0.25) is 10.0 Å². The van der Waals surface area contributed by atoms with Gasteiger partial charge in [0.1, 0.15) is 6.04 Å². The van der Waals surface area contributed by atoms with Gasteiger partial charge in [-0.1, -0.05) is 105 Å². The Labute approximate surface area is 237 Å². The second-order valence-corrected chi connectivity index (χ2v) is 11.9. The summed E-state index contributed by atoms with van der Waals surface area (Å²) >= 11 is 12.6. The maximum absolute atomic E-state index is 13.8. The van der Waals surface area contributed by atoms with Crippen LogP contribution in [0, 0.1) is 0 Å². The molecule has 0 radical (unpaired) electrons. The molecule has 1 atom stereocenters. The lowest BCUT2D eigenvalue weighted by Gasteiger charge is -2.32. The van der Waals surface area contributed by atoms with E-state index in [0.29, 0.717) is 22.9 Å². The van der Waals surface area contributed by atoms with Crippen molar-refractivity contribution in [3.63, 3.8) is 0 Å². The highest BCUT2D eigenvalue weighted by atomic mass is 35.5. The molecule has 2 amide bonds. The molecule has 202 valence electrons. The van der Waals surface area contributed by atoms with Crippen molar-refractivity contribution in [3.05, 3.63) is 105 Å². The van der Waals surface area contributed by atoms with Crippen LogP contribution in [-0.2, 0) is 34.4 Å². The molecular weight excluding hydrogens is 515 g/mol. The van der Waals surface area contributed by atoms with Crippen LogP contribution in [-0.4, -0.2) is 28.8 Å². The molecule has 0 aliphatic rings. The van der Waals surface area contributed by atoms with Crippen LogP contribution in [0.5, 0.6) is 0 Å². The Bertz CT molecular complexity index is 1220. The first-order chi connectivity index (χ1) is 17.9. The van der Waals surface area contributed by atoms with Gasteiger partial charge in [0.15, 0.2) is 0 Å². The number of hydrogen-bond donors (Lipinski definition) is 1. The average Bonchev–Trinajstić information content (AvgIpc) is 2.85. The highest BCUT2D eigenvalue weighted by Crippen LogP contribution is 2.26. The standard InChI is InChI=1S/C32H38Cl2N2O2/c1-22(2)35-31(38)29(19-24-9-7-6-8-10-24)36(21-25-14-17-27(33)20-28(25)34)30(37)18-13-23-11-15-26(16-12-23)32(3,4)5/h6-12,14-17,20,22,29H,13,18-19,21H2,1-5H3,(H,35,38)/t29-/m1/s1. The Hall–Kier alpha value is -2.82. The van der Waals surface area contributed by atoms with E-state index >= 15 is 0 Å². The van der Waals surface area contributed by atoms with E-state index in [4.69, 9.17) is 23.2 Å². The predicted octanol–water partition coefficient (Wildman–Crippen LogP) is 7.39. The number of amides is 2. The summed E-state index contributed by atoms with van der Waals surface area (Å²) in [6, 6.07) is 22.7. The van der Waals surface area contributed by atoms with Gasteiger partial charge in [-0.3, -0.25) is 9.59 Å². The summed E-state index contributed by atoms with van der Waals surface area (Å²) in [6.45, 7) is 10.6. The number of nitrogens with zero attached hydrogens (tertiary/aromatic N) is 1. The van der Waals surface area contributed by atoms with E-state index in [1.807, 2.05) is 50.2 Å². The van der Waals surface area contributed by atoms with Gasteiger partial charge in [0.25, 0.3) is 0 Å². The van der Waals surface area contributed by atoms with Gasteiger partial charge in [0.05, 0.1) is 0 Å². The van der Waals surface area contributed by atoms with Crippen LogP contribution < -0.4 is 5.32 Å². The van der Waals surface area contributed by atoms with Gasteiger partial charge < -0.3 is 10.2 Å². The molecule has 3 rings (SSSR count). The van der Waals surface area contributed by atoms with E-state index in [1.165, 1.54) is 5.56 Å². The Morgan fingerprint density at radius 1 is 0.895 bits per heavy atom. The summed E-state index contributed by atoms with van der Waals surface area (Å²) in [4.78, 5) is 29.0. The van der Waals surface area contributed by atoms with Crippen LogP contribution in [0.4, 0.5) is 0 Å². The fourth-order valence-corrected chi connectivity index (χ4v) is 4.80. The molecule has 38 heavy (non-hydrogen) atoms. The van der Waals surface area contributed by atoms with Gasteiger partial charge in [0.2, 0.25) is 11.8 Å². The second-order valence-electron chi connectivity index (χ2n) is 11.1. The highest BCUT2D eigenvalue weighted by molar-refractivity contribution is 6.35. The number of rotatable bonds is 10. The Morgan fingerprint density at radius 2 is 1.55 bits per heavy atom. The third-order valence-corrected chi connectivity index (χ3v) is 7.09. The van der Waals surface area contributed by atoms with Crippen molar-refractivity contribution in [3.8, 4) is 0 Å². The first kappa shape index (κ1) is 29.7. The van der Waals surface area contributed by atoms with Gasteiger partial charge in [0, 0.05) is 35.5 Å². The minimum absolute atomic E-state index is 0.0572. The molecule has 3 aromatic carbocycles. The smallest absolute Gasteiger partial charge is 0.243 e. The van der Waals surface area contributed by atoms with Crippen molar-refractivity contribution in [1.82, 2.24) is 10.2 Å². The summed E-state index contributed by atoms with van der Waals surface area (Å²) in [5.41, 5.74) is 4.13. The van der Waals surface area contributed by atoms with E-state index in [1.54, 1.807) is 17.0 Å². The van der Waals surface area contributed by atoms with Crippen molar-refractivity contribution in [2.24, 2.45) is 0 Å². The molecule has 0 unspecified atom stereocenters. The number of aryl methyl sites for hydroxylation is 1. The maximum atomic E-state index is 13.8. The zero-order valence-corrected chi connectivity index (χ0v) is 24.4. The third kappa shape index (κ3) is 8.61. The van der Waals surface area contributed by atoms with Crippen LogP contribution in [0.3, 0.4) is 0 Å². The first-order valence-electron chi connectivity index (χ1n) is 13.1. The fourth-order valence-electron chi connectivity index (χ4n) is 4.33. The summed E-state index contributed by atoms with van der Waals surface area (Å²) in [6.07, 6.45) is 1.26. The Kier molecular flexibility index (Phi) is 10.4. The topological polar surface area (TPSA) is 49.4 Å². The number of carbonyl (C=O) groups excluding carboxylic acids is 2. The molecule has 0 spiro atoms. The summed E-state index contributed by atoms with van der Waals surface area (Å²) in [5.74, 6) is -0.285. The minimum atomic E-state index is -0.692. The molecule has 6 heteroatoms. The second kappa shape index (κ2) is 13.3. The quantitative estimate of drug-likeness (QED) is 0.285. The lowest BCUT2D eigenvalue weighted by molar-refractivity contribution is -0.141. The molecule has 0 aliphatic heterocycles. The molecule has 0 fully saturated rings. The molecule has 0 saturated heterocycles. The molecular formula is C32H38Cl2N2O2. The largest absolute Gasteiger partial charge is 0.352 e. The Morgan fingerprint density at radius 3 is 2.13 bits per heavy atom. The summed E-state index contributed by atoms with van der Waals surface area (Å²) < 4.78 is 0. The summed E-state index contributed by atoms with van der Waals surface area (Å²) in [7, 11) is 0. The Balaban J connectivity index is 1.91. The van der Waals surface area contributed by atoms with Crippen LogP contribution in [0.15, 0.2) is 72.8 Å². The highest BCUT2D eigenvalue weighted by Gasteiger charge is 2.31. The van der Waals surface area contributed by atoms with Gasteiger partial charge in [-0.15, -0.1) is 0 Å². The number of carbonyl (C=O) groups is 2. The molecule has 3 aromatic rings. The monoisotopic (exact) mass is 552 g/mol. The molecule has 0 bridgehead atoms. The lowest BCUT2D eigenvalue weighted by atomic mass is 9.86. The predicted molar refractivity (Wildman–Crippen MR) is 158 cm³/mol. The molecule has 0 aromatic heterocycles. The number of halogens is 2. The zero-order valence-electron chi connectivity index (χ0n) is 22.9. The molecule has 0 heterocycles. The van der Waals surface area contributed by atoms with Gasteiger partial charge >= 0.3 is 0 Å². The van der Waals surface area contributed by atoms with Crippen LogP contribution >= 0.6 is 23.2 Å². The van der Waals surface area contributed by atoms with Crippen molar-refractivity contribution < 1.29 is 9.59 Å². The first-order valence-corrected chi connectivity index (χ1v) is 13.9. The number of nitrogens with one attached hydrogen (secondary N) is 1. The fraction of sp³-hybridized carbons (Fsp3) is 0.375. The van der Waals surface area contributed by atoms with Gasteiger partial charge in [-0.05, 0) is 60.1 Å². The van der Waals surface area contributed by atoms with E-state index in [2.05, 4.69) is 50.4 Å². The molecule has 1 N–H and O–H groups in total. The number of hydrogen-bond acceptors (Lipinski definition) is 2. The summed E-state index contributed by atoms with van der Waals surface area (Å²) in [5, 5.41) is 4.01. The maximum Gasteiger partial charge on any atom is 0.243 e. The molecule has 0 aliphatic carbocycles. The van der Waals surface area contributed by atoms with Crippen LogP contribution in [0.25, 0.3) is 0 Å². The average molecular weight is 554 g/mol. The van der Waals surface area contributed by atoms with Crippen molar-refractivity contribution >= 4 is 35.0 Å². The third-order valence-electron chi connectivity index (χ3n) is 6.51. The van der Waals surface area contributed by atoms with Crippen molar-refractivity contribution in [1.29, 1.82) is 0 Å². The van der Waals surface area contributed by atoms with Crippen LogP contribution in [0.1, 0.15) is 63.3 Å². The van der Waals surface area contributed by atoms with E-state index in [9.17, 15) is 9.59 Å². The van der Waals surface area contributed by atoms with E-state index < -0.39 is 6.04 Å².